The number of ether oxygens (including phenoxy) is 1. The molecular formula is C11H14BrClN2O. The second-order valence-electron chi connectivity index (χ2n) is 4.29. The third-order valence-corrected chi connectivity index (χ3v) is 3.82. The first-order chi connectivity index (χ1) is 7.51. The van der Waals surface area contributed by atoms with Gasteiger partial charge < -0.3 is 10.1 Å². The summed E-state index contributed by atoms with van der Waals surface area (Å²) in [4.78, 5) is 4.28. The van der Waals surface area contributed by atoms with E-state index < -0.39 is 0 Å². The maximum absolute atomic E-state index is 6.12. The Labute approximate surface area is 109 Å². The van der Waals surface area contributed by atoms with Crippen molar-refractivity contribution in [2.45, 2.75) is 31.9 Å². The Morgan fingerprint density at radius 3 is 3.00 bits per heavy atom. The number of pyridine rings is 1. The van der Waals surface area contributed by atoms with E-state index in [0.717, 1.165) is 17.5 Å². The van der Waals surface area contributed by atoms with Crippen LogP contribution in [0, 0.1) is 0 Å². The number of hydrogen-bond donors (Lipinski definition) is 1. The van der Waals surface area contributed by atoms with E-state index in [1.807, 2.05) is 6.07 Å². The summed E-state index contributed by atoms with van der Waals surface area (Å²) in [5.74, 6) is 0.713. The molecule has 0 aromatic carbocycles. The van der Waals surface area contributed by atoms with Gasteiger partial charge >= 0.3 is 0 Å². The lowest BCUT2D eigenvalue weighted by molar-refractivity contribution is 0.105. The molecule has 2 atom stereocenters. The van der Waals surface area contributed by atoms with Crippen LogP contribution in [0.25, 0.3) is 0 Å². The lowest BCUT2D eigenvalue weighted by atomic mass is 9.95. The molecule has 2 rings (SSSR count). The summed E-state index contributed by atoms with van der Waals surface area (Å²) in [6, 6.07) is 1.83. The van der Waals surface area contributed by atoms with E-state index in [4.69, 9.17) is 16.3 Å². The highest BCUT2D eigenvalue weighted by molar-refractivity contribution is 9.10. The average Bonchev–Trinajstić information content (AvgIpc) is 2.52. The minimum Gasteiger partial charge on any atom is -0.376 e. The zero-order valence-electron chi connectivity index (χ0n) is 9.26. The van der Waals surface area contributed by atoms with Gasteiger partial charge in [-0.3, -0.25) is 0 Å². The van der Waals surface area contributed by atoms with Gasteiger partial charge in [-0.2, -0.15) is 0 Å². The molecule has 1 aromatic rings. The van der Waals surface area contributed by atoms with Crippen LogP contribution in [-0.2, 0) is 4.74 Å². The number of hydrogen-bond acceptors (Lipinski definition) is 3. The summed E-state index contributed by atoms with van der Waals surface area (Å²) >= 11 is 9.46. The predicted molar refractivity (Wildman–Crippen MR) is 69.0 cm³/mol. The van der Waals surface area contributed by atoms with Gasteiger partial charge in [0.25, 0.3) is 0 Å². The average molecular weight is 306 g/mol. The zero-order valence-corrected chi connectivity index (χ0v) is 11.6. The Balaban J connectivity index is 2.20. The number of anilines is 1. The molecule has 88 valence electrons. The summed E-state index contributed by atoms with van der Waals surface area (Å²) in [7, 11) is 0. The molecule has 0 radical (unpaired) electrons. The molecule has 1 aromatic heterocycles. The minimum atomic E-state index is -0.0928. The van der Waals surface area contributed by atoms with Crippen molar-refractivity contribution in [1.82, 2.24) is 4.98 Å². The summed E-state index contributed by atoms with van der Waals surface area (Å²) in [6.45, 7) is 4.97. The normalized spacial score (nSPS) is 29.4. The molecule has 16 heavy (non-hydrogen) atoms. The van der Waals surface area contributed by atoms with Crippen LogP contribution in [0.3, 0.4) is 0 Å². The predicted octanol–water partition coefficient (Wildman–Crippen LogP) is 3.48. The molecule has 2 unspecified atom stereocenters. The number of nitrogens with zero attached hydrogens (tertiary/aromatic N) is 1. The van der Waals surface area contributed by atoms with Crippen LogP contribution in [0.1, 0.15) is 20.3 Å². The van der Waals surface area contributed by atoms with E-state index in [2.05, 4.69) is 40.1 Å². The van der Waals surface area contributed by atoms with Crippen molar-refractivity contribution in [2.24, 2.45) is 0 Å². The first-order valence-corrected chi connectivity index (χ1v) is 6.39. The topological polar surface area (TPSA) is 34.1 Å². The van der Waals surface area contributed by atoms with Crippen molar-refractivity contribution in [3.63, 3.8) is 0 Å². The second-order valence-corrected chi connectivity index (χ2v) is 5.61. The molecule has 0 bridgehead atoms. The Hall–Kier alpha value is -0.320. The van der Waals surface area contributed by atoms with Gasteiger partial charge in [-0.1, -0.05) is 11.6 Å². The molecule has 1 aliphatic heterocycles. The third-order valence-electron chi connectivity index (χ3n) is 3.10. The van der Waals surface area contributed by atoms with E-state index in [0.29, 0.717) is 10.8 Å². The van der Waals surface area contributed by atoms with Crippen LogP contribution >= 0.6 is 27.5 Å². The van der Waals surface area contributed by atoms with E-state index in [1.54, 1.807) is 6.20 Å². The summed E-state index contributed by atoms with van der Waals surface area (Å²) < 4.78 is 6.44. The van der Waals surface area contributed by atoms with Gasteiger partial charge in [-0.15, -0.1) is 0 Å². The maximum Gasteiger partial charge on any atom is 0.145 e. The quantitative estimate of drug-likeness (QED) is 0.908. The monoisotopic (exact) mass is 304 g/mol. The van der Waals surface area contributed by atoms with Gasteiger partial charge in [0.2, 0.25) is 0 Å². The van der Waals surface area contributed by atoms with E-state index in [-0.39, 0.29) is 11.6 Å². The van der Waals surface area contributed by atoms with Crippen LogP contribution in [0.4, 0.5) is 5.82 Å². The summed E-state index contributed by atoms with van der Waals surface area (Å²) in [5, 5.41) is 3.99. The molecule has 0 saturated carbocycles. The van der Waals surface area contributed by atoms with Crippen LogP contribution in [-0.4, -0.2) is 23.2 Å². The Bertz CT molecular complexity index is 402. The largest absolute Gasteiger partial charge is 0.376 e. The molecule has 1 aliphatic rings. The molecule has 2 heterocycles. The Morgan fingerprint density at radius 1 is 1.69 bits per heavy atom. The molecule has 1 N–H and O–H groups in total. The highest BCUT2D eigenvalue weighted by Gasteiger charge is 2.37. The summed E-state index contributed by atoms with van der Waals surface area (Å²) in [5.41, 5.74) is -0.0928. The first kappa shape index (κ1) is 12.1. The van der Waals surface area contributed by atoms with Crippen LogP contribution in [0.15, 0.2) is 16.7 Å². The van der Waals surface area contributed by atoms with Crippen LogP contribution < -0.4 is 5.32 Å². The fraction of sp³-hybridized carbons (Fsp3) is 0.545. The number of nitrogens with one attached hydrogen (secondary N) is 1. The van der Waals surface area contributed by atoms with Gasteiger partial charge in [0.05, 0.1) is 16.7 Å². The zero-order chi connectivity index (χ0) is 11.8. The molecule has 0 aliphatic carbocycles. The van der Waals surface area contributed by atoms with Crippen molar-refractivity contribution in [1.29, 1.82) is 0 Å². The van der Waals surface area contributed by atoms with Crippen molar-refractivity contribution in [3.05, 3.63) is 21.8 Å². The lowest BCUT2D eigenvalue weighted by Crippen LogP contribution is -2.41. The maximum atomic E-state index is 6.12. The molecule has 3 nitrogen and oxygen atoms in total. The van der Waals surface area contributed by atoms with E-state index in [9.17, 15) is 0 Å². The standard InChI is InChI=1S/C11H14BrClN2O/c1-7-11(2,3-4-16-7)15-10-9(13)5-8(12)6-14-10/h5-7H,3-4H2,1-2H3,(H,14,15). The van der Waals surface area contributed by atoms with Crippen LogP contribution in [0.5, 0.6) is 0 Å². The summed E-state index contributed by atoms with van der Waals surface area (Å²) in [6.07, 6.45) is 2.86. The van der Waals surface area contributed by atoms with Gasteiger partial charge in [0.15, 0.2) is 0 Å². The number of halogens is 2. The molecule has 1 fully saturated rings. The Kier molecular flexibility index (Phi) is 3.42. The fourth-order valence-corrected chi connectivity index (χ4v) is 2.45. The number of aromatic nitrogens is 1. The van der Waals surface area contributed by atoms with Crippen molar-refractivity contribution in [3.8, 4) is 0 Å². The fourth-order valence-electron chi connectivity index (χ4n) is 1.78. The molecular weight excluding hydrogens is 291 g/mol. The van der Waals surface area contributed by atoms with Gasteiger partial charge in [-0.05, 0) is 42.3 Å². The lowest BCUT2D eigenvalue weighted by Gasteiger charge is -2.29. The number of rotatable bonds is 2. The van der Waals surface area contributed by atoms with Gasteiger partial charge in [0, 0.05) is 17.3 Å². The first-order valence-electron chi connectivity index (χ1n) is 5.22. The van der Waals surface area contributed by atoms with Crippen LogP contribution in [0.2, 0.25) is 5.02 Å². The highest BCUT2D eigenvalue weighted by Crippen LogP contribution is 2.32. The van der Waals surface area contributed by atoms with Crippen molar-refractivity contribution < 1.29 is 4.74 Å². The molecule has 0 spiro atoms. The second kappa shape index (κ2) is 4.51. The SMILES string of the molecule is CC1OCCC1(C)Nc1ncc(Br)cc1Cl. The minimum absolute atomic E-state index is 0.0928. The van der Waals surface area contributed by atoms with E-state index in [1.165, 1.54) is 0 Å². The molecule has 1 saturated heterocycles. The van der Waals surface area contributed by atoms with E-state index >= 15 is 0 Å². The van der Waals surface area contributed by atoms with Gasteiger partial charge in [0.1, 0.15) is 5.82 Å². The third kappa shape index (κ3) is 2.34. The van der Waals surface area contributed by atoms with Crippen molar-refractivity contribution in [2.75, 3.05) is 11.9 Å². The highest BCUT2D eigenvalue weighted by atomic mass is 79.9. The smallest absolute Gasteiger partial charge is 0.145 e. The van der Waals surface area contributed by atoms with Gasteiger partial charge in [-0.25, -0.2) is 4.98 Å². The van der Waals surface area contributed by atoms with Crippen molar-refractivity contribution >= 4 is 33.3 Å². The molecule has 0 amide bonds. The Morgan fingerprint density at radius 2 is 2.44 bits per heavy atom. The molecule has 5 heteroatoms.